The van der Waals surface area contributed by atoms with Gasteiger partial charge in [-0.2, -0.15) is 5.26 Å². The first kappa shape index (κ1) is 13.9. The first-order valence-electron chi connectivity index (χ1n) is 6.30. The van der Waals surface area contributed by atoms with Gasteiger partial charge in [0, 0.05) is 12.1 Å². The Labute approximate surface area is 129 Å². The summed E-state index contributed by atoms with van der Waals surface area (Å²) in [6.07, 6.45) is 0. The van der Waals surface area contributed by atoms with Crippen LogP contribution in [0.4, 0.5) is 5.69 Å². The second kappa shape index (κ2) is 5.75. The molecule has 0 aliphatic heterocycles. The van der Waals surface area contributed by atoms with E-state index in [0.717, 1.165) is 10.4 Å². The Kier molecular flexibility index (Phi) is 3.64. The van der Waals surface area contributed by atoms with Gasteiger partial charge in [-0.15, -0.1) is 16.4 Å². The Hall–Kier alpha value is -3.05. The number of hydrogen-bond acceptors (Lipinski definition) is 6. The van der Waals surface area contributed by atoms with Gasteiger partial charge in [-0.1, -0.05) is 23.4 Å². The molecule has 22 heavy (non-hydrogen) atoms. The van der Waals surface area contributed by atoms with Gasteiger partial charge in [0.25, 0.3) is 5.69 Å². The lowest BCUT2D eigenvalue weighted by Gasteiger charge is -2.05. The summed E-state index contributed by atoms with van der Waals surface area (Å²) < 4.78 is 1.63. The maximum Gasteiger partial charge on any atom is 0.269 e. The Morgan fingerprint density at radius 1 is 1.32 bits per heavy atom. The summed E-state index contributed by atoms with van der Waals surface area (Å²) in [4.78, 5) is 11.1. The smallest absolute Gasteiger partial charge is 0.258 e. The molecular formula is C14H9N5O2S. The van der Waals surface area contributed by atoms with Crippen molar-refractivity contribution in [2.75, 3.05) is 0 Å². The summed E-state index contributed by atoms with van der Waals surface area (Å²) >= 11 is 1.50. The van der Waals surface area contributed by atoms with Gasteiger partial charge in [0.1, 0.15) is 11.8 Å². The molecule has 0 N–H and O–H groups in total. The van der Waals surface area contributed by atoms with E-state index in [1.54, 1.807) is 16.8 Å². The number of nitrogens with zero attached hydrogens (tertiary/aromatic N) is 5. The van der Waals surface area contributed by atoms with Crippen LogP contribution in [-0.2, 0) is 6.54 Å². The van der Waals surface area contributed by atoms with Gasteiger partial charge in [0.2, 0.25) is 0 Å². The zero-order chi connectivity index (χ0) is 15.5. The van der Waals surface area contributed by atoms with Crippen molar-refractivity contribution in [1.82, 2.24) is 15.0 Å². The molecule has 8 heteroatoms. The molecule has 0 amide bonds. The van der Waals surface area contributed by atoms with E-state index in [1.165, 1.54) is 23.5 Å². The van der Waals surface area contributed by atoms with Crippen molar-refractivity contribution in [2.24, 2.45) is 0 Å². The highest BCUT2D eigenvalue weighted by Gasteiger charge is 2.16. The second-order valence-corrected chi connectivity index (χ2v) is 5.40. The van der Waals surface area contributed by atoms with Gasteiger partial charge < -0.3 is 0 Å². The monoisotopic (exact) mass is 311 g/mol. The average Bonchev–Trinajstić information content (AvgIpc) is 3.16. The van der Waals surface area contributed by atoms with Crippen LogP contribution in [-0.4, -0.2) is 19.9 Å². The van der Waals surface area contributed by atoms with Crippen molar-refractivity contribution >= 4 is 17.0 Å². The second-order valence-electron chi connectivity index (χ2n) is 4.46. The van der Waals surface area contributed by atoms with Crippen LogP contribution in [0.25, 0.3) is 10.6 Å². The lowest BCUT2D eigenvalue weighted by Crippen LogP contribution is -2.04. The maximum absolute atomic E-state index is 10.7. The van der Waals surface area contributed by atoms with Gasteiger partial charge in [0.05, 0.1) is 16.3 Å². The molecular weight excluding hydrogens is 302 g/mol. The predicted octanol–water partition coefficient (Wildman–Crippen LogP) is 2.83. The number of nitriles is 1. The van der Waals surface area contributed by atoms with Crippen molar-refractivity contribution in [3.8, 4) is 16.6 Å². The van der Waals surface area contributed by atoms with Crippen molar-refractivity contribution in [2.45, 2.75) is 6.54 Å². The van der Waals surface area contributed by atoms with E-state index in [1.807, 2.05) is 23.6 Å². The van der Waals surface area contributed by atoms with Crippen LogP contribution in [0.15, 0.2) is 41.8 Å². The third kappa shape index (κ3) is 2.57. The molecule has 3 rings (SSSR count). The Morgan fingerprint density at radius 3 is 2.68 bits per heavy atom. The normalized spacial score (nSPS) is 10.3. The SMILES string of the molecule is N#Cc1nnn(Cc2ccc([N+](=O)[O-])cc2)c1-c1cccs1. The van der Waals surface area contributed by atoms with Crippen molar-refractivity contribution in [3.05, 3.63) is 63.1 Å². The quantitative estimate of drug-likeness (QED) is 0.545. The summed E-state index contributed by atoms with van der Waals surface area (Å²) in [5, 5.41) is 29.6. The number of aromatic nitrogens is 3. The molecule has 7 nitrogen and oxygen atoms in total. The minimum absolute atomic E-state index is 0.0403. The number of nitro benzene ring substituents is 1. The Balaban J connectivity index is 1.95. The minimum atomic E-state index is -0.440. The first-order chi connectivity index (χ1) is 10.7. The molecule has 2 heterocycles. The molecule has 0 spiro atoms. The molecule has 0 unspecified atom stereocenters. The van der Waals surface area contributed by atoms with E-state index in [4.69, 9.17) is 5.26 Å². The van der Waals surface area contributed by atoms with Gasteiger partial charge in [0.15, 0.2) is 5.69 Å². The standard InChI is InChI=1S/C14H9N5O2S/c15-8-12-14(13-2-1-7-22-13)18(17-16-12)9-10-3-5-11(6-4-10)19(20)21/h1-7H,9H2. The molecule has 0 atom stereocenters. The van der Waals surface area contributed by atoms with Crippen LogP contribution >= 0.6 is 11.3 Å². The minimum Gasteiger partial charge on any atom is -0.258 e. The molecule has 3 aromatic rings. The van der Waals surface area contributed by atoms with E-state index in [9.17, 15) is 10.1 Å². The topological polar surface area (TPSA) is 97.6 Å². The van der Waals surface area contributed by atoms with Crippen molar-refractivity contribution < 1.29 is 4.92 Å². The van der Waals surface area contributed by atoms with E-state index in [-0.39, 0.29) is 11.4 Å². The predicted molar refractivity (Wildman–Crippen MR) is 80.2 cm³/mol. The third-order valence-corrected chi connectivity index (χ3v) is 3.95. The number of thiophene rings is 1. The Bertz CT molecular complexity index is 846. The summed E-state index contributed by atoms with van der Waals surface area (Å²) in [6, 6.07) is 12.1. The fraction of sp³-hybridized carbons (Fsp3) is 0.0714. The molecule has 0 saturated heterocycles. The van der Waals surface area contributed by atoms with Gasteiger partial charge in [-0.05, 0) is 17.0 Å². The Morgan fingerprint density at radius 2 is 2.09 bits per heavy atom. The van der Waals surface area contributed by atoms with Crippen LogP contribution in [0.1, 0.15) is 11.3 Å². The molecule has 2 aromatic heterocycles. The zero-order valence-electron chi connectivity index (χ0n) is 11.2. The van der Waals surface area contributed by atoms with Crippen LogP contribution < -0.4 is 0 Å². The number of hydrogen-bond donors (Lipinski definition) is 0. The molecule has 0 bridgehead atoms. The average molecular weight is 311 g/mol. The molecule has 0 aliphatic carbocycles. The van der Waals surface area contributed by atoms with Crippen LogP contribution in [0.3, 0.4) is 0 Å². The number of nitro groups is 1. The zero-order valence-corrected chi connectivity index (χ0v) is 12.0. The third-order valence-electron chi connectivity index (χ3n) is 3.08. The summed E-state index contributed by atoms with van der Waals surface area (Å²) in [5.74, 6) is 0. The molecule has 0 aliphatic rings. The van der Waals surface area contributed by atoms with E-state index in [0.29, 0.717) is 12.2 Å². The lowest BCUT2D eigenvalue weighted by atomic mass is 10.2. The summed E-state index contributed by atoms with van der Waals surface area (Å²) in [7, 11) is 0. The van der Waals surface area contributed by atoms with E-state index >= 15 is 0 Å². The molecule has 108 valence electrons. The summed E-state index contributed by atoms with van der Waals surface area (Å²) in [5.41, 5.74) is 1.82. The largest absolute Gasteiger partial charge is 0.269 e. The number of non-ortho nitro benzene ring substituents is 1. The summed E-state index contributed by atoms with van der Waals surface area (Å²) in [6.45, 7) is 0.389. The maximum atomic E-state index is 10.7. The van der Waals surface area contributed by atoms with Crippen LogP contribution in [0.2, 0.25) is 0 Å². The van der Waals surface area contributed by atoms with Crippen LogP contribution in [0.5, 0.6) is 0 Å². The van der Waals surface area contributed by atoms with Gasteiger partial charge in [-0.25, -0.2) is 4.68 Å². The molecule has 0 saturated carbocycles. The number of rotatable bonds is 4. The first-order valence-corrected chi connectivity index (χ1v) is 7.18. The highest BCUT2D eigenvalue weighted by atomic mass is 32.1. The van der Waals surface area contributed by atoms with Gasteiger partial charge in [-0.3, -0.25) is 10.1 Å². The highest BCUT2D eigenvalue weighted by Crippen LogP contribution is 2.27. The number of benzene rings is 1. The van der Waals surface area contributed by atoms with Crippen LogP contribution in [0, 0.1) is 21.4 Å². The van der Waals surface area contributed by atoms with Crippen molar-refractivity contribution in [3.63, 3.8) is 0 Å². The van der Waals surface area contributed by atoms with E-state index in [2.05, 4.69) is 10.3 Å². The fourth-order valence-electron chi connectivity index (χ4n) is 2.05. The van der Waals surface area contributed by atoms with Crippen molar-refractivity contribution in [1.29, 1.82) is 5.26 Å². The molecule has 0 fully saturated rings. The molecule has 0 radical (unpaired) electrons. The highest BCUT2D eigenvalue weighted by molar-refractivity contribution is 7.13. The lowest BCUT2D eigenvalue weighted by molar-refractivity contribution is -0.384. The molecule has 1 aromatic carbocycles. The van der Waals surface area contributed by atoms with E-state index < -0.39 is 4.92 Å². The fourth-order valence-corrected chi connectivity index (χ4v) is 2.83. The van der Waals surface area contributed by atoms with Gasteiger partial charge >= 0.3 is 0 Å².